The quantitative estimate of drug-likeness (QED) is 0.693. The van der Waals surface area contributed by atoms with Crippen molar-refractivity contribution in [2.75, 3.05) is 13.2 Å². The lowest BCUT2D eigenvalue weighted by molar-refractivity contribution is 0.0223. The molecule has 0 aliphatic carbocycles. The average molecular weight is 328 g/mol. The van der Waals surface area contributed by atoms with Crippen molar-refractivity contribution in [1.29, 1.82) is 0 Å². The van der Waals surface area contributed by atoms with Gasteiger partial charge in [0.05, 0.1) is 11.1 Å². The van der Waals surface area contributed by atoms with Gasteiger partial charge in [-0.25, -0.2) is 9.59 Å². The summed E-state index contributed by atoms with van der Waals surface area (Å²) in [6.07, 6.45) is -0.545. The summed E-state index contributed by atoms with van der Waals surface area (Å²) in [6, 6.07) is 13.1. The zero-order valence-electron chi connectivity index (χ0n) is 13.1. The molecule has 2 aromatic carbocycles. The number of carbonyl (C=O) groups excluding carboxylic acids is 2. The van der Waals surface area contributed by atoms with Gasteiger partial charge in [0.1, 0.15) is 24.7 Å². The molecule has 24 heavy (non-hydrogen) atoms. The Hall–Kier alpha value is -3.02. The van der Waals surface area contributed by atoms with Gasteiger partial charge in [0.25, 0.3) is 0 Å². The van der Waals surface area contributed by atoms with Crippen molar-refractivity contribution >= 4 is 11.9 Å². The Morgan fingerprint density at radius 2 is 1.08 bits per heavy atom. The molecule has 6 heteroatoms. The number of hydrogen-bond acceptors (Lipinski definition) is 6. The van der Waals surface area contributed by atoms with Crippen molar-refractivity contribution < 1.29 is 28.5 Å². The monoisotopic (exact) mass is 328 g/mol. The van der Waals surface area contributed by atoms with Crippen LogP contribution in [0.1, 0.15) is 27.6 Å². The number of ether oxygens (including phenoxy) is 4. The van der Waals surface area contributed by atoms with E-state index in [1.54, 1.807) is 55.5 Å². The Morgan fingerprint density at radius 3 is 1.46 bits per heavy atom. The highest BCUT2D eigenvalue weighted by Crippen LogP contribution is 2.19. The molecule has 6 nitrogen and oxygen atoms in total. The minimum Gasteiger partial charge on any atom is -0.458 e. The molecule has 4 aliphatic rings. The molecule has 4 heterocycles. The van der Waals surface area contributed by atoms with Crippen LogP contribution in [0, 0.1) is 0 Å². The zero-order valence-corrected chi connectivity index (χ0v) is 13.1. The largest absolute Gasteiger partial charge is 0.458 e. The number of carbonyl (C=O) groups is 2. The minimum absolute atomic E-state index is 0.0128. The van der Waals surface area contributed by atoms with Gasteiger partial charge in [-0.3, -0.25) is 0 Å². The first kappa shape index (κ1) is 15.9. The van der Waals surface area contributed by atoms with E-state index in [4.69, 9.17) is 18.9 Å². The summed E-state index contributed by atoms with van der Waals surface area (Å²) in [6.45, 7) is 1.72. The van der Waals surface area contributed by atoms with Crippen molar-refractivity contribution in [3.8, 4) is 11.5 Å². The summed E-state index contributed by atoms with van der Waals surface area (Å²) >= 11 is 0. The number of hydrogen-bond donors (Lipinski definition) is 0. The van der Waals surface area contributed by atoms with Crippen LogP contribution >= 0.6 is 0 Å². The molecule has 0 unspecified atom stereocenters. The van der Waals surface area contributed by atoms with Gasteiger partial charge in [0, 0.05) is 6.92 Å². The van der Waals surface area contributed by atoms with E-state index in [1.807, 2.05) is 0 Å². The van der Waals surface area contributed by atoms with Crippen LogP contribution in [0.15, 0.2) is 48.5 Å². The first-order chi connectivity index (χ1) is 11.6. The summed E-state index contributed by atoms with van der Waals surface area (Å²) in [5, 5.41) is 0. The Kier molecular flexibility index (Phi) is 4.65. The lowest BCUT2D eigenvalue weighted by Crippen LogP contribution is -2.19. The van der Waals surface area contributed by atoms with Crippen molar-refractivity contribution in [2.24, 2.45) is 0 Å². The molecule has 2 aromatic rings. The predicted octanol–water partition coefficient (Wildman–Crippen LogP) is 2.82. The van der Waals surface area contributed by atoms with Crippen LogP contribution in [0.2, 0.25) is 0 Å². The highest BCUT2D eigenvalue weighted by atomic mass is 16.7. The maximum atomic E-state index is 11.9. The number of esters is 2. The second-order valence-electron chi connectivity index (χ2n) is 5.12. The van der Waals surface area contributed by atoms with Crippen LogP contribution in [-0.2, 0) is 9.47 Å². The Bertz CT molecular complexity index is 657. The van der Waals surface area contributed by atoms with Gasteiger partial charge in [0.2, 0.25) is 6.29 Å². The van der Waals surface area contributed by atoms with Gasteiger partial charge in [-0.1, -0.05) is 0 Å². The molecule has 124 valence electrons. The van der Waals surface area contributed by atoms with Crippen LogP contribution < -0.4 is 9.47 Å². The van der Waals surface area contributed by atoms with Crippen LogP contribution in [-0.4, -0.2) is 31.4 Å². The van der Waals surface area contributed by atoms with E-state index in [0.717, 1.165) is 0 Å². The Balaban J connectivity index is 1.82. The molecule has 0 spiro atoms. The third-order valence-corrected chi connectivity index (χ3v) is 3.33. The van der Waals surface area contributed by atoms with E-state index in [9.17, 15) is 9.59 Å². The van der Waals surface area contributed by atoms with E-state index >= 15 is 0 Å². The molecule has 0 radical (unpaired) electrons. The van der Waals surface area contributed by atoms with Crippen LogP contribution in [0.4, 0.5) is 0 Å². The fourth-order valence-corrected chi connectivity index (χ4v) is 2.18. The summed E-state index contributed by atoms with van der Waals surface area (Å²) in [7, 11) is 0. The van der Waals surface area contributed by atoms with Crippen molar-refractivity contribution in [2.45, 2.75) is 13.2 Å². The third-order valence-electron chi connectivity index (χ3n) is 3.33. The normalized spacial score (nSPS) is 15.9. The lowest BCUT2D eigenvalue weighted by Gasteiger charge is -2.16. The molecule has 0 N–H and O–H groups in total. The zero-order chi connectivity index (χ0) is 16.9. The molecule has 0 fully saturated rings. The van der Waals surface area contributed by atoms with Crippen LogP contribution in [0.25, 0.3) is 0 Å². The summed E-state index contributed by atoms with van der Waals surface area (Å²) < 4.78 is 21.4. The van der Waals surface area contributed by atoms with Gasteiger partial charge < -0.3 is 18.9 Å². The lowest BCUT2D eigenvalue weighted by atomic mass is 10.2. The fourth-order valence-electron chi connectivity index (χ4n) is 2.18. The van der Waals surface area contributed by atoms with Crippen LogP contribution in [0.3, 0.4) is 0 Å². The van der Waals surface area contributed by atoms with Crippen molar-refractivity contribution in [1.82, 2.24) is 0 Å². The van der Waals surface area contributed by atoms with Gasteiger partial charge in [-0.15, -0.1) is 0 Å². The molecule has 0 aromatic heterocycles. The molecule has 0 atom stereocenters. The van der Waals surface area contributed by atoms with E-state index in [-0.39, 0.29) is 13.2 Å². The van der Waals surface area contributed by atoms with Crippen molar-refractivity contribution in [3.05, 3.63) is 59.7 Å². The molecule has 0 saturated carbocycles. The molecular formula is C18H16O6. The smallest absolute Gasteiger partial charge is 0.338 e. The minimum atomic E-state index is -0.545. The van der Waals surface area contributed by atoms with E-state index in [2.05, 4.69) is 0 Å². The standard InChI is InChI=1S/C18H16O6/c1-12-23-15-6-2-13(3-7-15)17(19)21-10-11-22-18(20)14-4-8-16(24-12)9-5-14/h2-9,12H,10-11H2,1H3. The van der Waals surface area contributed by atoms with E-state index in [1.165, 1.54) is 0 Å². The summed E-state index contributed by atoms with van der Waals surface area (Å²) in [5.74, 6) is 0.155. The summed E-state index contributed by atoms with van der Waals surface area (Å²) in [5.41, 5.74) is 0.775. The fraction of sp³-hybridized carbons (Fsp3) is 0.222. The molecule has 6 rings (SSSR count). The topological polar surface area (TPSA) is 71.1 Å². The average Bonchev–Trinajstić information content (AvgIpc) is 2.59. The Morgan fingerprint density at radius 1 is 0.708 bits per heavy atom. The molecule has 0 saturated heterocycles. The van der Waals surface area contributed by atoms with Gasteiger partial charge in [-0.05, 0) is 48.5 Å². The third kappa shape index (κ3) is 3.84. The van der Waals surface area contributed by atoms with Crippen molar-refractivity contribution in [3.63, 3.8) is 0 Å². The number of rotatable bonds is 0. The van der Waals surface area contributed by atoms with Gasteiger partial charge in [-0.2, -0.15) is 0 Å². The van der Waals surface area contributed by atoms with Crippen LogP contribution in [0.5, 0.6) is 11.5 Å². The maximum absolute atomic E-state index is 11.9. The Labute approximate surface area is 138 Å². The first-order valence-corrected chi connectivity index (χ1v) is 7.49. The molecular weight excluding hydrogens is 312 g/mol. The maximum Gasteiger partial charge on any atom is 0.338 e. The second-order valence-corrected chi connectivity index (χ2v) is 5.12. The van der Waals surface area contributed by atoms with Gasteiger partial charge >= 0.3 is 11.9 Å². The van der Waals surface area contributed by atoms with E-state index in [0.29, 0.717) is 22.6 Å². The predicted molar refractivity (Wildman–Crippen MR) is 84.2 cm³/mol. The SMILES string of the molecule is CC1Oc2ccc(cc2)C(=O)OCCOC(=O)c2ccc(cc2)O1. The highest BCUT2D eigenvalue weighted by Gasteiger charge is 2.12. The highest BCUT2D eigenvalue weighted by molar-refractivity contribution is 5.90. The molecule has 4 bridgehead atoms. The molecule has 4 aliphatic heterocycles. The molecule has 0 amide bonds. The number of benzene rings is 2. The van der Waals surface area contributed by atoms with E-state index < -0.39 is 18.2 Å². The second kappa shape index (κ2) is 7.04. The first-order valence-electron chi connectivity index (χ1n) is 7.49. The van der Waals surface area contributed by atoms with Gasteiger partial charge in [0.15, 0.2) is 0 Å². The summed E-state index contributed by atoms with van der Waals surface area (Å²) in [4.78, 5) is 23.8.